The summed E-state index contributed by atoms with van der Waals surface area (Å²) in [6.07, 6.45) is 5.37. The van der Waals surface area contributed by atoms with Crippen molar-refractivity contribution in [3.8, 4) is 0 Å². The number of benzene rings is 2. The molecule has 0 N–H and O–H groups in total. The molecule has 4 rings (SSSR count). The molecule has 3 aromatic rings. The highest BCUT2D eigenvalue weighted by Crippen LogP contribution is 2.32. The summed E-state index contributed by atoms with van der Waals surface area (Å²) >= 11 is 0. The van der Waals surface area contributed by atoms with E-state index in [-0.39, 0.29) is 17.0 Å². The standard InChI is InChI=1S/C26H33N3O3S/c1-5-20-10-12-21(13-11-20)28(18-19(3)4)33(30,31)22-14-15-23-24(6-2)27-29(25(23)17-22)26-9-7-8-16-32-26/h6,10-15,17,19,26H,2,5,7-9,16,18H2,1,3-4H3. The highest BCUT2D eigenvalue weighted by molar-refractivity contribution is 7.92. The van der Waals surface area contributed by atoms with Gasteiger partial charge in [-0.3, -0.25) is 4.31 Å². The fourth-order valence-electron chi connectivity index (χ4n) is 4.29. The minimum atomic E-state index is -3.78. The van der Waals surface area contributed by atoms with Crippen LogP contribution in [0.5, 0.6) is 0 Å². The van der Waals surface area contributed by atoms with Crippen LogP contribution in [0.15, 0.2) is 53.9 Å². The molecule has 0 saturated carbocycles. The molecule has 33 heavy (non-hydrogen) atoms. The second-order valence-corrected chi connectivity index (χ2v) is 10.8. The number of aromatic nitrogens is 2. The average Bonchev–Trinajstić information content (AvgIpc) is 3.21. The first-order chi connectivity index (χ1) is 15.8. The molecule has 1 aromatic heterocycles. The lowest BCUT2D eigenvalue weighted by molar-refractivity contribution is -0.0367. The van der Waals surface area contributed by atoms with Crippen molar-refractivity contribution in [1.82, 2.24) is 9.78 Å². The molecule has 1 atom stereocenters. The van der Waals surface area contributed by atoms with Crippen LogP contribution in [0.2, 0.25) is 0 Å². The van der Waals surface area contributed by atoms with Gasteiger partial charge in [-0.05, 0) is 73.6 Å². The summed E-state index contributed by atoms with van der Waals surface area (Å²) in [7, 11) is -3.78. The van der Waals surface area contributed by atoms with Crippen molar-refractivity contribution in [2.45, 2.75) is 57.6 Å². The molecule has 0 radical (unpaired) electrons. The average molecular weight is 468 g/mol. The number of hydrogen-bond donors (Lipinski definition) is 0. The topological polar surface area (TPSA) is 64.4 Å². The summed E-state index contributed by atoms with van der Waals surface area (Å²) in [6, 6.07) is 13.0. The van der Waals surface area contributed by atoms with E-state index in [1.807, 2.05) is 48.9 Å². The van der Waals surface area contributed by atoms with Gasteiger partial charge in [0.25, 0.3) is 10.0 Å². The van der Waals surface area contributed by atoms with E-state index in [1.54, 1.807) is 18.2 Å². The third-order valence-electron chi connectivity index (χ3n) is 6.08. The fraction of sp³-hybridized carbons (Fsp3) is 0.423. The lowest BCUT2D eigenvalue weighted by atomic mass is 10.1. The summed E-state index contributed by atoms with van der Waals surface area (Å²) in [4.78, 5) is 0.253. The zero-order chi connectivity index (χ0) is 23.6. The summed E-state index contributed by atoms with van der Waals surface area (Å²) in [6.45, 7) is 11.1. The molecule has 1 aliphatic rings. The maximum atomic E-state index is 13.9. The SMILES string of the molecule is C=Cc1nn(C2CCCCO2)c2cc(S(=O)(=O)N(CC(C)C)c3ccc(CC)cc3)ccc12. The number of nitrogens with zero attached hydrogens (tertiary/aromatic N) is 3. The van der Waals surface area contributed by atoms with Crippen molar-refractivity contribution in [3.63, 3.8) is 0 Å². The zero-order valence-corrected chi connectivity index (χ0v) is 20.5. The highest BCUT2D eigenvalue weighted by atomic mass is 32.2. The van der Waals surface area contributed by atoms with Gasteiger partial charge in [0.15, 0.2) is 6.23 Å². The fourth-order valence-corrected chi connectivity index (χ4v) is 5.94. The zero-order valence-electron chi connectivity index (χ0n) is 19.7. The molecule has 2 heterocycles. The Labute approximate surface area is 196 Å². The van der Waals surface area contributed by atoms with Gasteiger partial charge in [0.2, 0.25) is 0 Å². The molecule has 0 aliphatic carbocycles. The van der Waals surface area contributed by atoms with Gasteiger partial charge in [-0.1, -0.05) is 39.5 Å². The van der Waals surface area contributed by atoms with Crippen molar-refractivity contribution in [2.75, 3.05) is 17.5 Å². The molecule has 176 valence electrons. The Morgan fingerprint density at radius 3 is 2.58 bits per heavy atom. The van der Waals surface area contributed by atoms with Crippen molar-refractivity contribution in [3.05, 3.63) is 60.3 Å². The number of sulfonamides is 1. The maximum Gasteiger partial charge on any atom is 0.264 e. The van der Waals surface area contributed by atoms with Crippen molar-refractivity contribution >= 4 is 32.7 Å². The van der Waals surface area contributed by atoms with Gasteiger partial charge < -0.3 is 4.74 Å². The first-order valence-electron chi connectivity index (χ1n) is 11.7. The van der Waals surface area contributed by atoms with Gasteiger partial charge in [-0.15, -0.1) is 0 Å². The Bertz CT molecular complexity index is 1220. The van der Waals surface area contributed by atoms with Crippen LogP contribution in [0.1, 0.15) is 57.5 Å². The van der Waals surface area contributed by atoms with Crippen molar-refractivity contribution in [1.29, 1.82) is 0 Å². The molecular formula is C26H33N3O3S. The summed E-state index contributed by atoms with van der Waals surface area (Å²) in [5.74, 6) is 0.169. The third kappa shape index (κ3) is 4.70. The molecule has 1 fully saturated rings. The van der Waals surface area contributed by atoms with Gasteiger partial charge in [0.05, 0.1) is 21.8 Å². The summed E-state index contributed by atoms with van der Waals surface area (Å²) in [5, 5.41) is 5.57. The van der Waals surface area contributed by atoms with Gasteiger partial charge in [-0.2, -0.15) is 5.10 Å². The minimum Gasteiger partial charge on any atom is -0.356 e. The second-order valence-electron chi connectivity index (χ2n) is 8.98. The summed E-state index contributed by atoms with van der Waals surface area (Å²) < 4.78 is 37.0. The largest absolute Gasteiger partial charge is 0.356 e. The Balaban J connectivity index is 1.81. The highest BCUT2D eigenvalue weighted by Gasteiger charge is 2.28. The van der Waals surface area contributed by atoms with E-state index < -0.39 is 10.0 Å². The maximum absolute atomic E-state index is 13.9. The third-order valence-corrected chi connectivity index (χ3v) is 7.87. The Hall–Kier alpha value is -2.64. The smallest absolute Gasteiger partial charge is 0.264 e. The predicted octanol–water partition coefficient (Wildman–Crippen LogP) is 5.79. The first-order valence-corrected chi connectivity index (χ1v) is 13.2. The van der Waals surface area contributed by atoms with Crippen LogP contribution in [0, 0.1) is 5.92 Å². The number of hydrogen-bond acceptors (Lipinski definition) is 4. The molecule has 0 spiro atoms. The monoisotopic (exact) mass is 467 g/mol. The van der Waals surface area contributed by atoms with E-state index in [2.05, 4.69) is 13.5 Å². The van der Waals surface area contributed by atoms with Crippen LogP contribution in [0.3, 0.4) is 0 Å². The molecule has 0 bridgehead atoms. The minimum absolute atomic E-state index is 0.169. The molecule has 2 aromatic carbocycles. The predicted molar refractivity (Wildman–Crippen MR) is 134 cm³/mol. The number of fused-ring (bicyclic) bond motifs is 1. The molecule has 6 nitrogen and oxygen atoms in total. The lowest BCUT2D eigenvalue weighted by Gasteiger charge is -2.27. The second kappa shape index (κ2) is 9.69. The molecule has 1 saturated heterocycles. The van der Waals surface area contributed by atoms with Crippen LogP contribution in [0.25, 0.3) is 17.0 Å². The van der Waals surface area contributed by atoms with E-state index in [1.165, 1.54) is 9.87 Å². The number of rotatable bonds is 8. The van der Waals surface area contributed by atoms with Crippen LogP contribution < -0.4 is 4.31 Å². The van der Waals surface area contributed by atoms with Crippen LogP contribution in [-0.2, 0) is 21.2 Å². The van der Waals surface area contributed by atoms with Crippen LogP contribution in [0.4, 0.5) is 5.69 Å². The van der Waals surface area contributed by atoms with E-state index in [9.17, 15) is 8.42 Å². The van der Waals surface area contributed by atoms with Crippen molar-refractivity contribution in [2.24, 2.45) is 5.92 Å². The van der Waals surface area contributed by atoms with Crippen LogP contribution in [-0.4, -0.2) is 31.3 Å². The molecule has 1 aliphatic heterocycles. The lowest BCUT2D eigenvalue weighted by Crippen LogP contribution is -2.34. The van der Waals surface area contributed by atoms with E-state index in [4.69, 9.17) is 9.84 Å². The molecular weight excluding hydrogens is 434 g/mol. The Morgan fingerprint density at radius 1 is 1.21 bits per heavy atom. The van der Waals surface area contributed by atoms with Gasteiger partial charge >= 0.3 is 0 Å². The Morgan fingerprint density at radius 2 is 1.97 bits per heavy atom. The van der Waals surface area contributed by atoms with Gasteiger partial charge in [0.1, 0.15) is 0 Å². The first kappa shape index (κ1) is 23.5. The summed E-state index contributed by atoms with van der Waals surface area (Å²) in [5.41, 5.74) is 3.34. The molecule has 7 heteroatoms. The van der Waals surface area contributed by atoms with E-state index in [0.29, 0.717) is 18.8 Å². The number of anilines is 1. The molecule has 1 unspecified atom stereocenters. The Kier molecular flexibility index (Phi) is 6.91. The van der Waals surface area contributed by atoms with Crippen molar-refractivity contribution < 1.29 is 13.2 Å². The number of ether oxygens (including phenoxy) is 1. The van der Waals surface area contributed by atoms with E-state index >= 15 is 0 Å². The number of aryl methyl sites for hydroxylation is 1. The quantitative estimate of drug-likeness (QED) is 0.420. The normalized spacial score (nSPS) is 16.9. The van der Waals surface area contributed by atoms with Gasteiger partial charge in [-0.25, -0.2) is 13.1 Å². The molecule has 0 amide bonds. The van der Waals surface area contributed by atoms with Crippen LogP contribution >= 0.6 is 0 Å². The van der Waals surface area contributed by atoms with Gasteiger partial charge in [0, 0.05) is 18.5 Å². The van der Waals surface area contributed by atoms with E-state index in [0.717, 1.165) is 42.3 Å².